The third kappa shape index (κ3) is 3.55. The number of aromatic hydroxyl groups is 1. The van der Waals surface area contributed by atoms with E-state index in [0.29, 0.717) is 37.3 Å². The number of amides is 2. The highest BCUT2D eigenvalue weighted by molar-refractivity contribution is 5.96. The second kappa shape index (κ2) is 7.20. The van der Waals surface area contributed by atoms with E-state index in [0.717, 1.165) is 6.42 Å². The van der Waals surface area contributed by atoms with Gasteiger partial charge in [0.2, 0.25) is 0 Å². The van der Waals surface area contributed by atoms with E-state index in [9.17, 15) is 19.1 Å². The molecule has 1 aromatic carbocycles. The molecule has 2 aromatic rings. The number of pyridine rings is 1. The Balaban J connectivity index is 1.54. The van der Waals surface area contributed by atoms with E-state index in [-0.39, 0.29) is 30.0 Å². The molecular formula is C20H20FN3O4. The van der Waals surface area contributed by atoms with Gasteiger partial charge in [-0.05, 0) is 43.2 Å². The zero-order valence-electron chi connectivity index (χ0n) is 15.2. The number of piperidine rings is 1. The number of hydrogen-bond donors (Lipinski definition) is 1. The van der Waals surface area contributed by atoms with Gasteiger partial charge < -0.3 is 19.6 Å². The molecule has 146 valence electrons. The summed E-state index contributed by atoms with van der Waals surface area (Å²) < 4.78 is 19.1. The van der Waals surface area contributed by atoms with Gasteiger partial charge in [-0.3, -0.25) is 14.6 Å². The number of anilines is 1. The molecule has 2 fully saturated rings. The Kier molecular flexibility index (Phi) is 4.72. The van der Waals surface area contributed by atoms with Crippen LogP contribution in [0.3, 0.4) is 0 Å². The molecule has 1 N–H and O–H groups in total. The number of halogens is 1. The second-order valence-electron chi connectivity index (χ2n) is 7.19. The Bertz CT molecular complexity index is 905. The van der Waals surface area contributed by atoms with Crippen LogP contribution in [0.2, 0.25) is 0 Å². The van der Waals surface area contributed by atoms with Crippen molar-refractivity contribution in [2.45, 2.75) is 18.4 Å². The molecule has 2 aliphatic rings. The molecule has 3 heterocycles. The predicted molar refractivity (Wildman–Crippen MR) is 98.5 cm³/mol. The Morgan fingerprint density at radius 3 is 2.75 bits per heavy atom. The Morgan fingerprint density at radius 2 is 2.00 bits per heavy atom. The van der Waals surface area contributed by atoms with E-state index in [1.807, 2.05) is 0 Å². The van der Waals surface area contributed by atoms with Crippen LogP contribution in [-0.4, -0.2) is 58.6 Å². The number of aromatic nitrogens is 1. The van der Waals surface area contributed by atoms with Gasteiger partial charge in [0, 0.05) is 18.4 Å². The maximum absolute atomic E-state index is 13.2. The van der Waals surface area contributed by atoms with Crippen LogP contribution in [0.4, 0.5) is 10.1 Å². The average molecular weight is 385 g/mol. The summed E-state index contributed by atoms with van der Waals surface area (Å²) in [6.07, 6.45) is 4.12. The lowest BCUT2D eigenvalue weighted by Gasteiger charge is -2.47. The second-order valence-corrected chi connectivity index (χ2v) is 7.19. The first-order valence-electron chi connectivity index (χ1n) is 9.09. The van der Waals surface area contributed by atoms with Gasteiger partial charge in [-0.2, -0.15) is 0 Å². The maximum atomic E-state index is 13.2. The first-order chi connectivity index (χ1) is 13.5. The van der Waals surface area contributed by atoms with Gasteiger partial charge in [-0.15, -0.1) is 0 Å². The van der Waals surface area contributed by atoms with Crippen molar-refractivity contribution in [1.29, 1.82) is 0 Å². The number of carbonyl (C=O) groups is 2. The minimum absolute atomic E-state index is 0.0698. The van der Waals surface area contributed by atoms with Gasteiger partial charge >= 0.3 is 0 Å². The number of ether oxygens (including phenoxy) is 1. The third-order valence-electron chi connectivity index (χ3n) is 5.18. The quantitative estimate of drug-likeness (QED) is 0.855. The molecule has 0 aliphatic carbocycles. The number of rotatable bonds is 2. The number of nitrogens with zero attached hydrogens (tertiary/aromatic N) is 3. The summed E-state index contributed by atoms with van der Waals surface area (Å²) in [5.41, 5.74) is 0.231. The molecule has 1 aromatic heterocycles. The maximum Gasteiger partial charge on any atom is 0.255 e. The van der Waals surface area contributed by atoms with E-state index in [1.54, 1.807) is 21.9 Å². The molecular weight excluding hydrogens is 365 g/mol. The first kappa shape index (κ1) is 18.4. The summed E-state index contributed by atoms with van der Waals surface area (Å²) in [7, 11) is 0. The number of hydrogen-bond acceptors (Lipinski definition) is 5. The van der Waals surface area contributed by atoms with Crippen molar-refractivity contribution in [1.82, 2.24) is 9.88 Å². The van der Waals surface area contributed by atoms with Crippen LogP contribution >= 0.6 is 0 Å². The van der Waals surface area contributed by atoms with Gasteiger partial charge in [0.05, 0.1) is 24.8 Å². The van der Waals surface area contributed by atoms with Crippen LogP contribution < -0.4 is 4.90 Å². The summed E-state index contributed by atoms with van der Waals surface area (Å²) in [4.78, 5) is 32.3. The molecule has 2 saturated heterocycles. The van der Waals surface area contributed by atoms with E-state index in [1.165, 1.54) is 30.6 Å². The zero-order chi connectivity index (χ0) is 19.7. The number of benzene rings is 1. The van der Waals surface area contributed by atoms with Gasteiger partial charge in [-0.25, -0.2) is 4.39 Å². The van der Waals surface area contributed by atoms with Gasteiger partial charge in [0.1, 0.15) is 23.8 Å². The number of carbonyl (C=O) groups excluding carboxylic acids is 2. The molecule has 1 spiro atoms. The molecule has 2 amide bonds. The van der Waals surface area contributed by atoms with Crippen LogP contribution in [-0.2, 0) is 9.53 Å². The minimum Gasteiger partial charge on any atom is -0.506 e. The normalized spacial score (nSPS) is 22.5. The lowest BCUT2D eigenvalue weighted by atomic mass is 9.90. The van der Waals surface area contributed by atoms with Crippen molar-refractivity contribution in [2.75, 3.05) is 31.1 Å². The topological polar surface area (TPSA) is 83.0 Å². The summed E-state index contributed by atoms with van der Waals surface area (Å²) in [5.74, 6) is -0.873. The minimum atomic E-state index is -0.680. The number of morpholine rings is 1. The molecule has 4 rings (SSSR count). The lowest BCUT2D eigenvalue weighted by molar-refractivity contribution is -0.144. The Morgan fingerprint density at radius 1 is 1.21 bits per heavy atom. The van der Waals surface area contributed by atoms with Crippen molar-refractivity contribution in [3.8, 4) is 5.75 Å². The van der Waals surface area contributed by atoms with Gasteiger partial charge in [-0.1, -0.05) is 0 Å². The molecule has 2 aliphatic heterocycles. The van der Waals surface area contributed by atoms with Crippen LogP contribution in [0.25, 0.3) is 0 Å². The molecule has 1 unspecified atom stereocenters. The van der Waals surface area contributed by atoms with Crippen LogP contribution in [0.15, 0.2) is 42.7 Å². The first-order valence-corrected chi connectivity index (χ1v) is 9.09. The van der Waals surface area contributed by atoms with Crippen molar-refractivity contribution >= 4 is 17.5 Å². The van der Waals surface area contributed by atoms with Crippen LogP contribution in [0.1, 0.15) is 23.2 Å². The van der Waals surface area contributed by atoms with Gasteiger partial charge in [0.15, 0.2) is 0 Å². The monoisotopic (exact) mass is 385 g/mol. The SMILES string of the molecule is O=C(c1cncc(O)c1)N1CCCC2(C1)CN(c1ccc(F)cc1)C(=O)CO2. The fraction of sp³-hybridized carbons (Fsp3) is 0.350. The van der Waals surface area contributed by atoms with E-state index < -0.39 is 5.60 Å². The van der Waals surface area contributed by atoms with E-state index in [4.69, 9.17) is 4.74 Å². The fourth-order valence-electron chi connectivity index (χ4n) is 3.82. The highest BCUT2D eigenvalue weighted by Gasteiger charge is 2.44. The van der Waals surface area contributed by atoms with Crippen molar-refractivity contribution in [2.24, 2.45) is 0 Å². The molecule has 1 atom stereocenters. The van der Waals surface area contributed by atoms with Crippen molar-refractivity contribution in [3.63, 3.8) is 0 Å². The van der Waals surface area contributed by atoms with Crippen molar-refractivity contribution < 1.29 is 23.8 Å². The third-order valence-corrected chi connectivity index (χ3v) is 5.18. The smallest absolute Gasteiger partial charge is 0.255 e. The molecule has 8 heteroatoms. The van der Waals surface area contributed by atoms with E-state index >= 15 is 0 Å². The summed E-state index contributed by atoms with van der Waals surface area (Å²) in [6, 6.07) is 7.15. The van der Waals surface area contributed by atoms with Crippen LogP contribution in [0, 0.1) is 5.82 Å². The Labute approximate surface area is 161 Å². The van der Waals surface area contributed by atoms with Crippen LogP contribution in [0.5, 0.6) is 5.75 Å². The highest BCUT2D eigenvalue weighted by Crippen LogP contribution is 2.32. The molecule has 0 radical (unpaired) electrons. The zero-order valence-corrected chi connectivity index (χ0v) is 15.2. The Hall–Kier alpha value is -3.00. The summed E-state index contributed by atoms with van der Waals surface area (Å²) in [6.45, 7) is 1.09. The average Bonchev–Trinajstić information content (AvgIpc) is 2.70. The lowest BCUT2D eigenvalue weighted by Crippen LogP contribution is -2.62. The van der Waals surface area contributed by atoms with E-state index in [2.05, 4.69) is 4.98 Å². The largest absolute Gasteiger partial charge is 0.506 e. The highest BCUT2D eigenvalue weighted by atomic mass is 19.1. The summed E-state index contributed by atoms with van der Waals surface area (Å²) >= 11 is 0. The molecule has 0 saturated carbocycles. The van der Waals surface area contributed by atoms with Gasteiger partial charge in [0.25, 0.3) is 11.8 Å². The fourth-order valence-corrected chi connectivity index (χ4v) is 3.82. The summed E-state index contributed by atoms with van der Waals surface area (Å²) in [5, 5.41) is 9.58. The molecule has 0 bridgehead atoms. The van der Waals surface area contributed by atoms with Crippen molar-refractivity contribution in [3.05, 3.63) is 54.1 Å². The predicted octanol–water partition coefficient (Wildman–Crippen LogP) is 1.96. The molecule has 28 heavy (non-hydrogen) atoms. The molecule has 7 nitrogen and oxygen atoms in total. The standard InChI is InChI=1S/C20H20FN3O4/c21-15-2-4-16(5-3-15)24-13-20(28-11-18(24)26)6-1-7-23(12-20)19(27)14-8-17(25)10-22-9-14/h2-5,8-10,25H,1,6-7,11-13H2. The number of likely N-dealkylation sites (tertiary alicyclic amines) is 1.